The number of aliphatic carboxylic acids is 1. The van der Waals surface area contributed by atoms with Crippen LogP contribution in [0, 0.1) is 0 Å². The highest BCUT2D eigenvalue weighted by Gasteiger charge is 2.43. The number of hydrogen-bond acceptors (Lipinski definition) is 7. The second-order valence-electron chi connectivity index (χ2n) is 4.93. The summed E-state index contributed by atoms with van der Waals surface area (Å²) in [6.45, 7) is 0.391. The summed E-state index contributed by atoms with van der Waals surface area (Å²) in [7, 11) is 0. The maximum absolute atomic E-state index is 11.4. The number of aliphatic hydroxyl groups is 3. The second kappa shape index (κ2) is 9.27. The molecule has 0 spiro atoms. The largest absolute Gasteiger partial charge is 0.478 e. The van der Waals surface area contributed by atoms with Crippen LogP contribution in [-0.2, 0) is 14.3 Å². The first kappa shape index (κ1) is 21.9. The van der Waals surface area contributed by atoms with Crippen molar-refractivity contribution in [1.82, 2.24) is 5.32 Å². The summed E-state index contributed by atoms with van der Waals surface area (Å²) in [5, 5.41) is 40.1. The summed E-state index contributed by atoms with van der Waals surface area (Å²) in [6.07, 6.45) is -3.65. The molecule has 1 aliphatic rings. The fourth-order valence-corrected chi connectivity index (χ4v) is 2.14. The van der Waals surface area contributed by atoms with Gasteiger partial charge in [-0.2, -0.15) is 0 Å². The van der Waals surface area contributed by atoms with Gasteiger partial charge >= 0.3 is 5.97 Å². The lowest BCUT2D eigenvalue weighted by Crippen LogP contribution is -2.59. The van der Waals surface area contributed by atoms with Crippen molar-refractivity contribution >= 4 is 30.2 Å². The molecular weight excluding hydrogens is 348 g/mol. The van der Waals surface area contributed by atoms with Crippen LogP contribution in [0.3, 0.4) is 0 Å². The van der Waals surface area contributed by atoms with Crippen LogP contribution in [0.4, 0.5) is 0 Å². The van der Waals surface area contributed by atoms with E-state index in [9.17, 15) is 19.8 Å². The van der Waals surface area contributed by atoms with Gasteiger partial charge in [0, 0.05) is 6.92 Å². The molecule has 0 aromatic carbocycles. The lowest BCUT2D eigenvalue weighted by Gasteiger charge is -2.38. The van der Waals surface area contributed by atoms with Crippen LogP contribution in [0.2, 0.25) is 0 Å². The number of carbonyl (C=O) groups is 2. The summed E-state index contributed by atoms with van der Waals surface area (Å²) in [6, 6.07) is -2.11. The number of aliphatic imine (C=N–C) groups is 1. The van der Waals surface area contributed by atoms with Gasteiger partial charge in [-0.05, 0) is 6.08 Å². The van der Waals surface area contributed by atoms with Gasteiger partial charge in [0.25, 0.3) is 0 Å². The predicted molar refractivity (Wildman–Crippen MR) is 84.1 cm³/mol. The van der Waals surface area contributed by atoms with Gasteiger partial charge < -0.3 is 41.9 Å². The number of carbonyl (C=O) groups excluding carboxylic acids is 1. The zero-order valence-corrected chi connectivity index (χ0v) is 13.5. The van der Waals surface area contributed by atoms with Gasteiger partial charge in [-0.15, -0.1) is 12.4 Å². The van der Waals surface area contributed by atoms with Crippen molar-refractivity contribution in [2.45, 2.75) is 37.3 Å². The average Bonchev–Trinajstić information content (AvgIpc) is 2.45. The molecule has 9 N–H and O–H groups in total. The highest BCUT2D eigenvalue weighted by Crippen LogP contribution is 2.24. The van der Waals surface area contributed by atoms with E-state index >= 15 is 0 Å². The molecule has 0 saturated heterocycles. The van der Waals surface area contributed by atoms with Crippen LogP contribution in [0.15, 0.2) is 16.8 Å². The van der Waals surface area contributed by atoms with Crippen LogP contribution in [0.5, 0.6) is 0 Å². The predicted octanol–water partition coefficient (Wildman–Crippen LogP) is -3.36. The van der Waals surface area contributed by atoms with Crippen molar-refractivity contribution < 1.29 is 34.8 Å². The van der Waals surface area contributed by atoms with Crippen LogP contribution in [-0.4, -0.2) is 75.3 Å². The summed E-state index contributed by atoms with van der Waals surface area (Å²) in [5.41, 5.74) is 10.6. The molecule has 5 atom stereocenters. The molecular formula is C12H21ClN4O7. The van der Waals surface area contributed by atoms with E-state index in [1.54, 1.807) is 0 Å². The van der Waals surface area contributed by atoms with Gasteiger partial charge in [-0.1, -0.05) is 0 Å². The maximum Gasteiger partial charge on any atom is 0.370 e. The Bertz CT molecular complexity index is 524. The fraction of sp³-hybridized carbons (Fsp3) is 0.583. The number of guanidine groups is 1. The number of nitrogens with two attached hydrogens (primary N) is 2. The molecule has 138 valence electrons. The molecule has 11 nitrogen and oxygen atoms in total. The van der Waals surface area contributed by atoms with Crippen LogP contribution >= 0.6 is 12.4 Å². The number of hydrogen-bond donors (Lipinski definition) is 7. The fourth-order valence-electron chi connectivity index (χ4n) is 2.14. The van der Waals surface area contributed by atoms with Crippen molar-refractivity contribution in [2.75, 3.05) is 6.61 Å². The Morgan fingerprint density at radius 2 is 2.00 bits per heavy atom. The Morgan fingerprint density at radius 3 is 2.42 bits per heavy atom. The number of carboxylic acid groups (broad SMARTS) is 1. The van der Waals surface area contributed by atoms with Crippen molar-refractivity contribution in [1.29, 1.82) is 0 Å². The van der Waals surface area contributed by atoms with Crippen LogP contribution < -0.4 is 16.8 Å². The lowest BCUT2D eigenvalue weighted by atomic mass is 9.92. The minimum atomic E-state index is -1.70. The van der Waals surface area contributed by atoms with Gasteiger partial charge in [0.1, 0.15) is 18.3 Å². The zero-order valence-electron chi connectivity index (χ0n) is 12.7. The van der Waals surface area contributed by atoms with Gasteiger partial charge in [-0.25, -0.2) is 9.79 Å². The van der Waals surface area contributed by atoms with E-state index in [0.29, 0.717) is 0 Å². The van der Waals surface area contributed by atoms with E-state index in [-0.39, 0.29) is 18.4 Å². The second-order valence-corrected chi connectivity index (χ2v) is 4.93. The Hall–Kier alpha value is -2.08. The lowest BCUT2D eigenvalue weighted by molar-refractivity contribution is -0.145. The molecule has 0 aliphatic carbocycles. The SMILES string of the molecule is CC(=O)N[C@H]1[C@H]([C@H](O)[C@H](O)CO)OC(C(=O)O)=C[C@@H]1N=C(N)N.Cl. The monoisotopic (exact) mass is 368 g/mol. The van der Waals surface area contributed by atoms with E-state index in [2.05, 4.69) is 10.3 Å². The number of aliphatic hydroxyl groups excluding tert-OH is 3. The molecule has 0 aromatic rings. The number of ether oxygens (including phenoxy) is 1. The Morgan fingerprint density at radius 1 is 1.42 bits per heavy atom. The van der Waals surface area contributed by atoms with Gasteiger partial charge in [-0.3, -0.25) is 4.79 Å². The number of carboxylic acids is 1. The molecule has 0 aromatic heterocycles. The standard InChI is InChI=1S/C12H20N4O7.ClH/c1-4(18)15-8-5(16-12(13)14)2-7(11(21)22)23-10(8)9(20)6(19)3-17;/h2,5-6,8-10,17,19-20H,3H2,1H3,(H,15,18)(H,21,22)(H4,13,14,16);1H/t5-,6+,8+,9+,10+;/m0./s1. The van der Waals surface area contributed by atoms with Crippen molar-refractivity contribution in [3.63, 3.8) is 0 Å². The first-order valence-corrected chi connectivity index (χ1v) is 6.62. The molecule has 0 unspecified atom stereocenters. The summed E-state index contributed by atoms with van der Waals surface area (Å²) < 4.78 is 5.13. The smallest absolute Gasteiger partial charge is 0.370 e. The molecule has 12 heteroatoms. The summed E-state index contributed by atoms with van der Waals surface area (Å²) in [4.78, 5) is 26.3. The molecule has 1 aliphatic heterocycles. The topological polar surface area (TPSA) is 201 Å². The average molecular weight is 369 g/mol. The quantitative estimate of drug-likeness (QED) is 0.184. The van der Waals surface area contributed by atoms with E-state index in [1.807, 2.05) is 0 Å². The Kier molecular flexibility index (Phi) is 8.47. The highest BCUT2D eigenvalue weighted by atomic mass is 35.5. The number of rotatable bonds is 6. The normalized spacial score (nSPS) is 25.2. The van der Waals surface area contributed by atoms with E-state index < -0.39 is 54.6 Å². The molecule has 1 rings (SSSR count). The number of nitrogens with zero attached hydrogens (tertiary/aromatic N) is 1. The first-order valence-electron chi connectivity index (χ1n) is 6.62. The molecule has 0 bridgehead atoms. The van der Waals surface area contributed by atoms with Gasteiger partial charge in [0.05, 0.1) is 18.7 Å². The van der Waals surface area contributed by atoms with Crippen LogP contribution in [0.1, 0.15) is 6.92 Å². The van der Waals surface area contributed by atoms with Crippen molar-refractivity contribution in [3.8, 4) is 0 Å². The maximum atomic E-state index is 11.4. The number of halogens is 1. The molecule has 1 amide bonds. The van der Waals surface area contributed by atoms with E-state index in [4.69, 9.17) is 26.4 Å². The molecule has 0 radical (unpaired) electrons. The highest BCUT2D eigenvalue weighted by molar-refractivity contribution is 5.85. The summed E-state index contributed by atoms with van der Waals surface area (Å²) in [5.74, 6) is -2.89. The Balaban J connectivity index is 0.00000529. The third-order valence-corrected chi connectivity index (χ3v) is 3.10. The van der Waals surface area contributed by atoms with Gasteiger partial charge in [0.2, 0.25) is 11.7 Å². The third kappa shape index (κ3) is 5.53. The minimum Gasteiger partial charge on any atom is -0.478 e. The van der Waals surface area contributed by atoms with Crippen LogP contribution in [0.25, 0.3) is 0 Å². The van der Waals surface area contributed by atoms with E-state index in [0.717, 1.165) is 6.08 Å². The van der Waals surface area contributed by atoms with Crippen molar-refractivity contribution in [2.24, 2.45) is 16.5 Å². The molecule has 0 fully saturated rings. The number of nitrogens with one attached hydrogen (secondary N) is 1. The molecule has 0 saturated carbocycles. The Labute approximate surface area is 143 Å². The summed E-state index contributed by atoms with van der Waals surface area (Å²) >= 11 is 0. The number of amides is 1. The zero-order chi connectivity index (χ0) is 17.7. The molecule has 24 heavy (non-hydrogen) atoms. The minimum absolute atomic E-state index is 0. The first-order chi connectivity index (χ1) is 10.7. The van der Waals surface area contributed by atoms with Crippen molar-refractivity contribution in [3.05, 3.63) is 11.8 Å². The van der Waals surface area contributed by atoms with Gasteiger partial charge in [0.15, 0.2) is 5.96 Å². The van der Waals surface area contributed by atoms with E-state index in [1.165, 1.54) is 6.92 Å². The third-order valence-electron chi connectivity index (χ3n) is 3.10. The molecule has 1 heterocycles.